The van der Waals surface area contributed by atoms with Crippen molar-refractivity contribution in [3.05, 3.63) is 29.8 Å². The summed E-state index contributed by atoms with van der Waals surface area (Å²) < 4.78 is 5.63. The molecule has 1 heterocycles. The molecule has 0 saturated carbocycles. The van der Waals surface area contributed by atoms with Gasteiger partial charge >= 0.3 is 0 Å². The van der Waals surface area contributed by atoms with E-state index in [4.69, 9.17) is 10.00 Å². The lowest BCUT2D eigenvalue weighted by Crippen LogP contribution is -2.34. The van der Waals surface area contributed by atoms with Crippen LogP contribution in [-0.2, 0) is 4.79 Å². The largest absolute Gasteiger partial charge is 0.490 e. The highest BCUT2D eigenvalue weighted by atomic mass is 16.5. The lowest BCUT2D eigenvalue weighted by Gasteiger charge is -2.20. The smallest absolute Gasteiger partial charge is 0.222 e. The van der Waals surface area contributed by atoms with Gasteiger partial charge in [0.2, 0.25) is 5.91 Å². The molecular weight excluding hydrogens is 252 g/mol. The minimum absolute atomic E-state index is 0.214. The molecule has 0 N–H and O–H groups in total. The Kier molecular flexibility index (Phi) is 5.00. The average Bonchev–Trinajstić information content (AvgIpc) is 2.63. The number of benzene rings is 1. The van der Waals surface area contributed by atoms with Gasteiger partial charge in [-0.3, -0.25) is 4.79 Å². The summed E-state index contributed by atoms with van der Waals surface area (Å²) >= 11 is 0. The molecule has 1 saturated heterocycles. The molecule has 1 atom stereocenters. The van der Waals surface area contributed by atoms with Crippen LogP contribution < -0.4 is 4.74 Å². The van der Waals surface area contributed by atoms with Gasteiger partial charge in [0.1, 0.15) is 18.4 Å². The van der Waals surface area contributed by atoms with Crippen LogP contribution in [0, 0.1) is 17.2 Å². The standard InChI is InChI=1S/C16H20N2O2/c1-13-6-7-16(19)18(9-8-13)10-11-20-15-5-3-2-4-14(15)12-17/h2-5,13H,6-11H2,1H3. The van der Waals surface area contributed by atoms with Crippen molar-refractivity contribution < 1.29 is 9.53 Å². The Balaban J connectivity index is 1.86. The van der Waals surface area contributed by atoms with Crippen LogP contribution in [0.15, 0.2) is 24.3 Å². The second-order valence-electron chi connectivity index (χ2n) is 5.27. The summed E-state index contributed by atoms with van der Waals surface area (Å²) in [6.45, 7) is 4.02. The van der Waals surface area contributed by atoms with Crippen molar-refractivity contribution in [1.82, 2.24) is 4.90 Å². The van der Waals surface area contributed by atoms with Crippen molar-refractivity contribution in [1.29, 1.82) is 5.26 Å². The summed E-state index contributed by atoms with van der Waals surface area (Å²) in [5.74, 6) is 1.42. The maximum atomic E-state index is 11.9. The number of likely N-dealkylation sites (tertiary alicyclic amines) is 1. The van der Waals surface area contributed by atoms with E-state index in [9.17, 15) is 4.79 Å². The van der Waals surface area contributed by atoms with Crippen LogP contribution in [-0.4, -0.2) is 30.5 Å². The van der Waals surface area contributed by atoms with Crippen LogP contribution in [0.3, 0.4) is 0 Å². The lowest BCUT2D eigenvalue weighted by atomic mass is 10.0. The van der Waals surface area contributed by atoms with Gasteiger partial charge in [-0.15, -0.1) is 0 Å². The summed E-state index contributed by atoms with van der Waals surface area (Å²) in [6.07, 6.45) is 2.67. The van der Waals surface area contributed by atoms with E-state index >= 15 is 0 Å². The third kappa shape index (κ3) is 3.74. The highest BCUT2D eigenvalue weighted by Crippen LogP contribution is 2.18. The summed E-state index contributed by atoms with van der Waals surface area (Å²) in [5, 5.41) is 8.98. The van der Waals surface area contributed by atoms with Crippen molar-refractivity contribution in [2.75, 3.05) is 19.7 Å². The fraction of sp³-hybridized carbons (Fsp3) is 0.500. The van der Waals surface area contributed by atoms with Gasteiger partial charge in [-0.05, 0) is 30.9 Å². The van der Waals surface area contributed by atoms with Crippen LogP contribution in [0.4, 0.5) is 0 Å². The van der Waals surface area contributed by atoms with Crippen LogP contribution >= 0.6 is 0 Å². The molecule has 4 heteroatoms. The second kappa shape index (κ2) is 6.95. The van der Waals surface area contributed by atoms with Gasteiger partial charge in [0, 0.05) is 13.0 Å². The van der Waals surface area contributed by atoms with Crippen LogP contribution in [0.1, 0.15) is 31.7 Å². The number of nitrogens with zero attached hydrogens (tertiary/aromatic N) is 2. The topological polar surface area (TPSA) is 53.3 Å². The Labute approximate surface area is 120 Å². The Morgan fingerprint density at radius 1 is 1.40 bits per heavy atom. The fourth-order valence-electron chi connectivity index (χ4n) is 2.36. The first-order valence-electron chi connectivity index (χ1n) is 7.10. The highest BCUT2D eigenvalue weighted by Gasteiger charge is 2.19. The molecule has 1 aliphatic rings. The molecule has 1 aromatic carbocycles. The SMILES string of the molecule is CC1CCC(=O)N(CCOc2ccccc2C#N)CC1. The van der Waals surface area contributed by atoms with E-state index < -0.39 is 0 Å². The zero-order valence-corrected chi connectivity index (χ0v) is 11.8. The normalized spacial score (nSPS) is 19.3. The predicted octanol–water partition coefficient (Wildman–Crippen LogP) is 2.59. The number of carbonyl (C=O) groups excluding carboxylic acids is 1. The van der Waals surface area contributed by atoms with Crippen molar-refractivity contribution in [3.63, 3.8) is 0 Å². The lowest BCUT2D eigenvalue weighted by molar-refractivity contribution is -0.131. The van der Waals surface area contributed by atoms with Crippen LogP contribution in [0.2, 0.25) is 0 Å². The first kappa shape index (κ1) is 14.4. The van der Waals surface area contributed by atoms with E-state index in [1.54, 1.807) is 12.1 Å². The zero-order valence-electron chi connectivity index (χ0n) is 11.8. The molecule has 2 rings (SSSR count). The minimum Gasteiger partial charge on any atom is -0.490 e. The number of para-hydroxylation sites is 1. The first-order valence-corrected chi connectivity index (χ1v) is 7.10. The molecule has 1 fully saturated rings. The molecule has 0 aliphatic carbocycles. The van der Waals surface area contributed by atoms with Gasteiger partial charge in [0.25, 0.3) is 0 Å². The molecular formula is C16H20N2O2. The molecule has 20 heavy (non-hydrogen) atoms. The third-order valence-electron chi connectivity index (χ3n) is 3.72. The van der Waals surface area contributed by atoms with E-state index in [2.05, 4.69) is 13.0 Å². The monoisotopic (exact) mass is 272 g/mol. The Morgan fingerprint density at radius 3 is 3.00 bits per heavy atom. The van der Waals surface area contributed by atoms with E-state index in [-0.39, 0.29) is 5.91 Å². The summed E-state index contributed by atoms with van der Waals surface area (Å²) in [6, 6.07) is 9.27. The van der Waals surface area contributed by atoms with E-state index in [0.717, 1.165) is 19.4 Å². The molecule has 0 spiro atoms. The number of ether oxygens (including phenoxy) is 1. The number of hydrogen-bond donors (Lipinski definition) is 0. The van der Waals surface area contributed by atoms with E-state index in [1.807, 2.05) is 17.0 Å². The number of hydrogen-bond acceptors (Lipinski definition) is 3. The molecule has 1 unspecified atom stereocenters. The minimum atomic E-state index is 0.214. The zero-order chi connectivity index (χ0) is 14.4. The maximum Gasteiger partial charge on any atom is 0.222 e. The third-order valence-corrected chi connectivity index (χ3v) is 3.72. The van der Waals surface area contributed by atoms with Crippen LogP contribution in [0.25, 0.3) is 0 Å². The number of carbonyl (C=O) groups is 1. The van der Waals surface area contributed by atoms with Crippen molar-refractivity contribution in [2.24, 2.45) is 5.92 Å². The van der Waals surface area contributed by atoms with Gasteiger partial charge in [0.15, 0.2) is 0 Å². The fourth-order valence-corrected chi connectivity index (χ4v) is 2.36. The molecule has 4 nitrogen and oxygen atoms in total. The number of nitriles is 1. The number of amides is 1. The number of rotatable bonds is 4. The molecule has 1 amide bonds. The van der Waals surface area contributed by atoms with Gasteiger partial charge in [-0.25, -0.2) is 0 Å². The van der Waals surface area contributed by atoms with E-state index in [0.29, 0.717) is 36.8 Å². The molecule has 0 radical (unpaired) electrons. The van der Waals surface area contributed by atoms with Crippen molar-refractivity contribution in [3.8, 4) is 11.8 Å². The summed E-state index contributed by atoms with van der Waals surface area (Å²) in [5.41, 5.74) is 0.531. The van der Waals surface area contributed by atoms with Crippen molar-refractivity contribution in [2.45, 2.75) is 26.2 Å². The molecule has 1 aliphatic heterocycles. The predicted molar refractivity (Wildman–Crippen MR) is 76.2 cm³/mol. The average molecular weight is 272 g/mol. The van der Waals surface area contributed by atoms with Gasteiger partial charge in [-0.2, -0.15) is 5.26 Å². The van der Waals surface area contributed by atoms with E-state index in [1.165, 1.54) is 0 Å². The second-order valence-corrected chi connectivity index (χ2v) is 5.27. The molecule has 0 aromatic heterocycles. The Bertz CT molecular complexity index is 507. The quantitative estimate of drug-likeness (QED) is 0.846. The summed E-state index contributed by atoms with van der Waals surface area (Å²) in [4.78, 5) is 13.8. The Hall–Kier alpha value is -2.02. The van der Waals surface area contributed by atoms with Gasteiger partial charge in [0.05, 0.1) is 12.1 Å². The molecule has 0 bridgehead atoms. The van der Waals surface area contributed by atoms with Crippen LogP contribution in [0.5, 0.6) is 5.75 Å². The summed E-state index contributed by atoms with van der Waals surface area (Å²) in [7, 11) is 0. The first-order chi connectivity index (χ1) is 9.70. The Morgan fingerprint density at radius 2 is 2.20 bits per heavy atom. The van der Waals surface area contributed by atoms with Gasteiger partial charge in [-0.1, -0.05) is 19.1 Å². The van der Waals surface area contributed by atoms with Gasteiger partial charge < -0.3 is 9.64 Å². The highest BCUT2D eigenvalue weighted by molar-refractivity contribution is 5.76. The van der Waals surface area contributed by atoms with Crippen molar-refractivity contribution >= 4 is 5.91 Å². The maximum absolute atomic E-state index is 11.9. The molecule has 1 aromatic rings. The molecule has 106 valence electrons.